The smallest absolute Gasteiger partial charge is 0.272 e. The summed E-state index contributed by atoms with van der Waals surface area (Å²) in [5.41, 5.74) is 2.29. The molecule has 5 nitrogen and oxygen atoms in total. The lowest BCUT2D eigenvalue weighted by atomic mass is 10.1. The summed E-state index contributed by atoms with van der Waals surface area (Å²) in [5, 5.41) is 5.52. The predicted molar refractivity (Wildman–Crippen MR) is 145 cm³/mol. The Bertz CT molecular complexity index is 1410. The van der Waals surface area contributed by atoms with Crippen LogP contribution in [0.3, 0.4) is 0 Å². The van der Waals surface area contributed by atoms with Crippen LogP contribution in [-0.4, -0.2) is 23.4 Å². The molecule has 0 spiro atoms. The summed E-state index contributed by atoms with van der Waals surface area (Å²) in [4.78, 5) is 39.0. The zero-order valence-electron chi connectivity index (χ0n) is 19.7. The van der Waals surface area contributed by atoms with Crippen molar-refractivity contribution in [3.05, 3.63) is 137 Å². The topological polar surface area (TPSA) is 75.3 Å². The van der Waals surface area contributed by atoms with E-state index in [0.29, 0.717) is 16.8 Å². The molecular formula is C30H23FN2O3S. The van der Waals surface area contributed by atoms with Gasteiger partial charge in [0.05, 0.1) is 5.75 Å². The monoisotopic (exact) mass is 510 g/mol. The standard InChI is InChI=1S/C30H23FN2O3S/c31-24-13-11-22(12-14-24)28(34)20-37-26-17-15-25(16-18-26)32-30(36)27(19-21-7-3-1-4-8-21)33-29(35)23-9-5-2-6-10-23/h1-19H,20H2,(H,32,36)(H,33,35)/b27-19-. The minimum absolute atomic E-state index is 0.100. The molecular weight excluding hydrogens is 487 g/mol. The van der Waals surface area contributed by atoms with E-state index >= 15 is 0 Å². The highest BCUT2D eigenvalue weighted by molar-refractivity contribution is 8.00. The summed E-state index contributed by atoms with van der Waals surface area (Å²) in [6.07, 6.45) is 1.61. The number of halogens is 1. The van der Waals surface area contributed by atoms with Crippen molar-refractivity contribution in [1.82, 2.24) is 5.32 Å². The van der Waals surface area contributed by atoms with Crippen molar-refractivity contribution in [2.45, 2.75) is 4.90 Å². The molecule has 0 saturated carbocycles. The third kappa shape index (κ3) is 7.49. The highest BCUT2D eigenvalue weighted by Crippen LogP contribution is 2.22. The van der Waals surface area contributed by atoms with Crippen LogP contribution >= 0.6 is 11.8 Å². The van der Waals surface area contributed by atoms with Crippen molar-refractivity contribution in [3.8, 4) is 0 Å². The van der Waals surface area contributed by atoms with Gasteiger partial charge in [-0.25, -0.2) is 4.39 Å². The van der Waals surface area contributed by atoms with Gasteiger partial charge < -0.3 is 10.6 Å². The van der Waals surface area contributed by atoms with Crippen molar-refractivity contribution in [2.24, 2.45) is 0 Å². The second-order valence-electron chi connectivity index (χ2n) is 7.99. The largest absolute Gasteiger partial charge is 0.321 e. The number of Topliss-reactive ketones (excluding diaryl/α,β-unsaturated/α-hetero) is 1. The Hall–Kier alpha value is -4.49. The molecule has 2 amide bonds. The highest BCUT2D eigenvalue weighted by atomic mass is 32.2. The molecule has 0 bridgehead atoms. The lowest BCUT2D eigenvalue weighted by Crippen LogP contribution is -2.30. The minimum Gasteiger partial charge on any atom is -0.321 e. The fourth-order valence-corrected chi connectivity index (χ4v) is 4.15. The summed E-state index contributed by atoms with van der Waals surface area (Å²) in [6.45, 7) is 0. The molecule has 0 aliphatic heterocycles. The molecule has 0 saturated heterocycles. The van der Waals surface area contributed by atoms with Gasteiger partial charge in [0, 0.05) is 21.7 Å². The van der Waals surface area contributed by atoms with Gasteiger partial charge in [0.25, 0.3) is 11.8 Å². The van der Waals surface area contributed by atoms with Gasteiger partial charge >= 0.3 is 0 Å². The first kappa shape index (κ1) is 25.6. The average molecular weight is 511 g/mol. The Labute approximate surface area is 218 Å². The maximum Gasteiger partial charge on any atom is 0.272 e. The fourth-order valence-electron chi connectivity index (χ4n) is 3.36. The van der Waals surface area contributed by atoms with E-state index < -0.39 is 11.8 Å². The molecule has 0 unspecified atom stereocenters. The Morgan fingerprint density at radius 2 is 1.35 bits per heavy atom. The number of anilines is 1. The van der Waals surface area contributed by atoms with Gasteiger partial charge in [0.15, 0.2) is 5.78 Å². The van der Waals surface area contributed by atoms with Crippen LogP contribution in [0.1, 0.15) is 26.3 Å². The van der Waals surface area contributed by atoms with Crippen LogP contribution in [0, 0.1) is 5.82 Å². The molecule has 4 rings (SSSR count). The molecule has 2 N–H and O–H groups in total. The predicted octanol–water partition coefficient (Wildman–Crippen LogP) is 6.21. The van der Waals surface area contributed by atoms with Gasteiger partial charge in [0.2, 0.25) is 0 Å². The van der Waals surface area contributed by atoms with E-state index in [1.807, 2.05) is 36.4 Å². The normalized spacial score (nSPS) is 11.0. The van der Waals surface area contributed by atoms with Crippen LogP contribution in [-0.2, 0) is 4.79 Å². The number of carbonyl (C=O) groups excluding carboxylic acids is 3. The number of nitrogens with one attached hydrogen (secondary N) is 2. The van der Waals surface area contributed by atoms with Crippen molar-refractivity contribution >= 4 is 41.1 Å². The highest BCUT2D eigenvalue weighted by Gasteiger charge is 2.15. The number of rotatable bonds is 9. The number of amides is 2. The molecule has 37 heavy (non-hydrogen) atoms. The number of hydrogen-bond donors (Lipinski definition) is 2. The van der Waals surface area contributed by atoms with Gasteiger partial charge in [-0.1, -0.05) is 48.5 Å². The Morgan fingerprint density at radius 3 is 2.00 bits per heavy atom. The Kier molecular flexibility index (Phi) is 8.62. The fraction of sp³-hybridized carbons (Fsp3) is 0.0333. The van der Waals surface area contributed by atoms with Crippen molar-refractivity contribution < 1.29 is 18.8 Å². The van der Waals surface area contributed by atoms with Gasteiger partial charge in [-0.05, 0) is 72.3 Å². The molecule has 4 aromatic rings. The molecule has 4 aromatic carbocycles. The maximum atomic E-state index is 13.1. The van der Waals surface area contributed by atoms with Crippen LogP contribution in [0.5, 0.6) is 0 Å². The molecule has 0 heterocycles. The first-order valence-corrected chi connectivity index (χ1v) is 12.4. The van der Waals surface area contributed by atoms with Crippen molar-refractivity contribution in [2.75, 3.05) is 11.1 Å². The second-order valence-corrected chi connectivity index (χ2v) is 9.03. The van der Waals surface area contributed by atoms with Crippen LogP contribution in [0.4, 0.5) is 10.1 Å². The van der Waals surface area contributed by atoms with E-state index in [4.69, 9.17) is 0 Å². The van der Waals surface area contributed by atoms with Crippen LogP contribution in [0.25, 0.3) is 6.08 Å². The van der Waals surface area contributed by atoms with Gasteiger partial charge in [0.1, 0.15) is 11.5 Å². The summed E-state index contributed by atoms with van der Waals surface area (Å²) < 4.78 is 13.1. The average Bonchev–Trinajstić information content (AvgIpc) is 2.93. The van der Waals surface area contributed by atoms with Crippen molar-refractivity contribution in [1.29, 1.82) is 0 Å². The first-order valence-electron chi connectivity index (χ1n) is 11.4. The first-order chi connectivity index (χ1) is 18.0. The van der Waals surface area contributed by atoms with Crippen LogP contribution < -0.4 is 10.6 Å². The van der Waals surface area contributed by atoms with E-state index in [1.54, 1.807) is 54.6 Å². The Morgan fingerprint density at radius 1 is 0.730 bits per heavy atom. The van der Waals surface area contributed by atoms with E-state index in [1.165, 1.54) is 36.0 Å². The third-order valence-electron chi connectivity index (χ3n) is 5.29. The molecule has 0 aromatic heterocycles. The maximum absolute atomic E-state index is 13.1. The van der Waals surface area contributed by atoms with Crippen LogP contribution in [0.2, 0.25) is 0 Å². The summed E-state index contributed by atoms with van der Waals surface area (Å²) in [5.74, 6) is -1.15. The summed E-state index contributed by atoms with van der Waals surface area (Å²) >= 11 is 1.34. The summed E-state index contributed by atoms with van der Waals surface area (Å²) in [6, 6.07) is 30.4. The number of thioether (sulfide) groups is 1. The number of benzene rings is 4. The quantitative estimate of drug-likeness (QED) is 0.159. The lowest BCUT2D eigenvalue weighted by Gasteiger charge is -2.12. The number of hydrogen-bond acceptors (Lipinski definition) is 4. The second kappa shape index (κ2) is 12.5. The molecule has 184 valence electrons. The van der Waals surface area contributed by atoms with Crippen molar-refractivity contribution in [3.63, 3.8) is 0 Å². The molecule has 0 aliphatic rings. The van der Waals surface area contributed by atoms with Crippen LogP contribution in [0.15, 0.2) is 120 Å². The van der Waals surface area contributed by atoms with E-state index in [0.717, 1.165) is 10.5 Å². The number of carbonyl (C=O) groups is 3. The van der Waals surface area contributed by atoms with E-state index in [9.17, 15) is 18.8 Å². The van der Waals surface area contributed by atoms with E-state index in [-0.39, 0.29) is 23.1 Å². The lowest BCUT2D eigenvalue weighted by molar-refractivity contribution is -0.113. The number of ketones is 1. The molecule has 0 fully saturated rings. The summed E-state index contributed by atoms with van der Waals surface area (Å²) in [7, 11) is 0. The molecule has 0 atom stereocenters. The molecule has 0 radical (unpaired) electrons. The van der Waals surface area contributed by atoms with E-state index in [2.05, 4.69) is 10.6 Å². The van der Waals surface area contributed by atoms with Gasteiger partial charge in [-0.15, -0.1) is 11.8 Å². The van der Waals surface area contributed by atoms with Gasteiger partial charge in [-0.3, -0.25) is 14.4 Å². The molecule has 0 aliphatic carbocycles. The zero-order chi connectivity index (χ0) is 26.0. The molecule has 7 heteroatoms. The third-order valence-corrected chi connectivity index (χ3v) is 6.30. The van der Waals surface area contributed by atoms with Gasteiger partial charge in [-0.2, -0.15) is 0 Å². The zero-order valence-corrected chi connectivity index (χ0v) is 20.5. The minimum atomic E-state index is -0.472. The Balaban J connectivity index is 1.42. The SMILES string of the molecule is O=C(Nc1ccc(SCC(=O)c2ccc(F)cc2)cc1)/C(=C/c1ccccc1)NC(=O)c1ccccc1.